The molecule has 2 amide bonds. The molecule has 2 aliphatic rings. The molecule has 2 N–H and O–H groups in total. The van der Waals surface area contributed by atoms with Crippen molar-refractivity contribution >= 4 is 6.03 Å². The minimum Gasteiger partial charge on any atom is -0.335 e. The van der Waals surface area contributed by atoms with Gasteiger partial charge in [-0.15, -0.1) is 0 Å². The second-order valence-corrected chi connectivity index (χ2v) is 5.36. The fourth-order valence-electron chi connectivity index (χ4n) is 2.42. The van der Waals surface area contributed by atoms with Crippen molar-refractivity contribution in [3.8, 4) is 0 Å². The Kier molecular flexibility index (Phi) is 4.66. The van der Waals surface area contributed by atoms with Crippen LogP contribution in [0.15, 0.2) is 0 Å². The lowest BCUT2D eigenvalue weighted by Crippen LogP contribution is -2.45. The number of nitrogens with one attached hydrogen (secondary N) is 2. The molecule has 1 heterocycles. The molecule has 0 atom stereocenters. The van der Waals surface area contributed by atoms with Crippen molar-refractivity contribution < 1.29 is 4.79 Å². The van der Waals surface area contributed by atoms with E-state index in [1.807, 2.05) is 4.90 Å². The molecule has 17 heavy (non-hydrogen) atoms. The zero-order chi connectivity index (χ0) is 12.1. The fourth-order valence-corrected chi connectivity index (χ4v) is 2.42. The lowest BCUT2D eigenvalue weighted by Gasteiger charge is -2.30. The van der Waals surface area contributed by atoms with Gasteiger partial charge < -0.3 is 15.5 Å². The molecule has 0 aromatic heterocycles. The molecule has 98 valence electrons. The van der Waals surface area contributed by atoms with Crippen molar-refractivity contribution in [3.63, 3.8) is 0 Å². The van der Waals surface area contributed by atoms with Gasteiger partial charge >= 0.3 is 6.03 Å². The van der Waals surface area contributed by atoms with Gasteiger partial charge in [0.1, 0.15) is 0 Å². The van der Waals surface area contributed by atoms with Crippen LogP contribution in [0.2, 0.25) is 0 Å². The van der Waals surface area contributed by atoms with Crippen molar-refractivity contribution in [3.05, 3.63) is 0 Å². The van der Waals surface area contributed by atoms with Crippen molar-refractivity contribution in [1.29, 1.82) is 0 Å². The van der Waals surface area contributed by atoms with Crippen LogP contribution in [-0.4, -0.2) is 43.2 Å². The molecule has 0 radical (unpaired) electrons. The molecular formula is C13H25N3O. The Balaban J connectivity index is 1.79. The van der Waals surface area contributed by atoms with Gasteiger partial charge in [0, 0.05) is 19.1 Å². The number of piperidine rings is 1. The third-order valence-electron chi connectivity index (χ3n) is 3.62. The fraction of sp³-hybridized carbons (Fsp3) is 0.923. The monoisotopic (exact) mass is 239 g/mol. The number of amides is 2. The van der Waals surface area contributed by atoms with E-state index in [2.05, 4.69) is 17.6 Å². The Morgan fingerprint density at radius 1 is 1.29 bits per heavy atom. The van der Waals surface area contributed by atoms with E-state index in [-0.39, 0.29) is 6.03 Å². The Bertz CT molecular complexity index is 247. The van der Waals surface area contributed by atoms with E-state index in [1.165, 1.54) is 25.7 Å². The first kappa shape index (κ1) is 12.7. The zero-order valence-electron chi connectivity index (χ0n) is 10.9. The molecule has 1 aliphatic heterocycles. The van der Waals surface area contributed by atoms with Crippen LogP contribution in [-0.2, 0) is 0 Å². The molecule has 4 nitrogen and oxygen atoms in total. The summed E-state index contributed by atoms with van der Waals surface area (Å²) in [6, 6.07) is 0.628. The molecule has 2 rings (SSSR count). The SMILES string of the molecule is CCCN(CC1CCNCC1)C(=O)NC1CC1. The predicted octanol–water partition coefficient (Wildman–Crippen LogP) is 1.57. The summed E-state index contributed by atoms with van der Waals surface area (Å²) < 4.78 is 0. The van der Waals surface area contributed by atoms with Gasteiger partial charge in [-0.1, -0.05) is 6.92 Å². The van der Waals surface area contributed by atoms with Crippen LogP contribution in [0, 0.1) is 5.92 Å². The van der Waals surface area contributed by atoms with Crippen LogP contribution in [0.5, 0.6) is 0 Å². The highest BCUT2D eigenvalue weighted by Gasteiger charge is 2.27. The van der Waals surface area contributed by atoms with Gasteiger partial charge in [0.2, 0.25) is 0 Å². The average molecular weight is 239 g/mol. The van der Waals surface area contributed by atoms with Crippen LogP contribution >= 0.6 is 0 Å². The highest BCUT2D eigenvalue weighted by Crippen LogP contribution is 2.20. The average Bonchev–Trinajstić information content (AvgIpc) is 3.14. The van der Waals surface area contributed by atoms with Crippen molar-refractivity contribution in [2.45, 2.75) is 45.1 Å². The smallest absolute Gasteiger partial charge is 0.317 e. The Morgan fingerprint density at radius 3 is 2.59 bits per heavy atom. The molecular weight excluding hydrogens is 214 g/mol. The molecule has 0 spiro atoms. The molecule has 0 unspecified atom stereocenters. The van der Waals surface area contributed by atoms with Gasteiger partial charge in [0.05, 0.1) is 0 Å². The highest BCUT2D eigenvalue weighted by atomic mass is 16.2. The van der Waals surface area contributed by atoms with E-state index < -0.39 is 0 Å². The zero-order valence-corrected chi connectivity index (χ0v) is 10.9. The summed E-state index contributed by atoms with van der Waals surface area (Å²) in [7, 11) is 0. The third kappa shape index (κ3) is 4.19. The lowest BCUT2D eigenvalue weighted by atomic mass is 9.97. The predicted molar refractivity (Wildman–Crippen MR) is 69.0 cm³/mol. The Morgan fingerprint density at radius 2 is 2.00 bits per heavy atom. The van der Waals surface area contributed by atoms with Gasteiger partial charge in [-0.3, -0.25) is 0 Å². The minimum absolute atomic E-state index is 0.160. The van der Waals surface area contributed by atoms with Gasteiger partial charge in [0.15, 0.2) is 0 Å². The number of carbonyl (C=O) groups is 1. The minimum atomic E-state index is 0.160. The molecule has 0 aromatic rings. The third-order valence-corrected chi connectivity index (χ3v) is 3.62. The molecule has 1 aliphatic carbocycles. The summed E-state index contributed by atoms with van der Waals surface area (Å²) in [5.41, 5.74) is 0. The van der Waals surface area contributed by atoms with Crippen LogP contribution in [0.1, 0.15) is 39.0 Å². The van der Waals surface area contributed by atoms with Gasteiger partial charge in [-0.2, -0.15) is 0 Å². The van der Waals surface area contributed by atoms with Crippen molar-refractivity contribution in [2.75, 3.05) is 26.2 Å². The number of urea groups is 1. The molecule has 0 aromatic carbocycles. The normalized spacial score (nSPS) is 21.2. The van der Waals surface area contributed by atoms with Crippen LogP contribution in [0.3, 0.4) is 0 Å². The summed E-state index contributed by atoms with van der Waals surface area (Å²) in [4.78, 5) is 14.1. The number of hydrogen-bond acceptors (Lipinski definition) is 2. The molecule has 2 fully saturated rings. The summed E-state index contributed by atoms with van der Waals surface area (Å²) in [6.45, 7) is 6.18. The van der Waals surface area contributed by atoms with Crippen LogP contribution < -0.4 is 10.6 Å². The quantitative estimate of drug-likeness (QED) is 0.765. The number of hydrogen-bond donors (Lipinski definition) is 2. The summed E-state index contributed by atoms with van der Waals surface area (Å²) in [5, 5.41) is 6.47. The second kappa shape index (κ2) is 6.24. The maximum absolute atomic E-state index is 12.1. The van der Waals surface area contributed by atoms with Crippen molar-refractivity contribution in [1.82, 2.24) is 15.5 Å². The Hall–Kier alpha value is -0.770. The van der Waals surface area contributed by atoms with Crippen LogP contribution in [0.4, 0.5) is 4.79 Å². The van der Waals surface area contributed by atoms with Gasteiger partial charge in [0.25, 0.3) is 0 Å². The van der Waals surface area contributed by atoms with E-state index in [0.29, 0.717) is 12.0 Å². The molecule has 1 saturated carbocycles. The largest absolute Gasteiger partial charge is 0.335 e. The summed E-state index contributed by atoms with van der Waals surface area (Å²) in [6.07, 6.45) is 5.79. The first-order valence-corrected chi connectivity index (χ1v) is 7.05. The summed E-state index contributed by atoms with van der Waals surface area (Å²) >= 11 is 0. The lowest BCUT2D eigenvalue weighted by molar-refractivity contribution is 0.179. The topological polar surface area (TPSA) is 44.4 Å². The maximum atomic E-state index is 12.1. The maximum Gasteiger partial charge on any atom is 0.317 e. The van der Waals surface area contributed by atoms with E-state index >= 15 is 0 Å². The highest BCUT2D eigenvalue weighted by molar-refractivity contribution is 5.74. The first-order chi connectivity index (χ1) is 8.29. The summed E-state index contributed by atoms with van der Waals surface area (Å²) in [5.74, 6) is 0.688. The standard InChI is InChI=1S/C13H25N3O/c1-2-9-16(13(17)15-12-3-4-12)10-11-5-7-14-8-6-11/h11-12,14H,2-10H2,1H3,(H,15,17). The van der Waals surface area contributed by atoms with E-state index in [1.54, 1.807) is 0 Å². The second-order valence-electron chi connectivity index (χ2n) is 5.36. The number of carbonyl (C=O) groups excluding carboxylic acids is 1. The van der Waals surface area contributed by atoms with E-state index in [9.17, 15) is 4.79 Å². The molecule has 4 heteroatoms. The number of rotatable bonds is 5. The molecule has 0 bridgehead atoms. The van der Waals surface area contributed by atoms with E-state index in [4.69, 9.17) is 0 Å². The van der Waals surface area contributed by atoms with Crippen molar-refractivity contribution in [2.24, 2.45) is 5.92 Å². The van der Waals surface area contributed by atoms with E-state index in [0.717, 1.165) is 32.6 Å². The first-order valence-electron chi connectivity index (χ1n) is 7.05. The number of nitrogens with zero attached hydrogens (tertiary/aromatic N) is 1. The van der Waals surface area contributed by atoms with Gasteiger partial charge in [-0.25, -0.2) is 4.79 Å². The molecule has 1 saturated heterocycles. The van der Waals surface area contributed by atoms with Gasteiger partial charge in [-0.05, 0) is 51.1 Å². The van der Waals surface area contributed by atoms with Crippen LogP contribution in [0.25, 0.3) is 0 Å². The Labute approximate surface area is 104 Å².